The van der Waals surface area contributed by atoms with Crippen LogP contribution in [0.15, 0.2) is 127 Å². The van der Waals surface area contributed by atoms with Crippen LogP contribution in [0.5, 0.6) is 11.8 Å². The first-order valence-corrected chi connectivity index (χ1v) is 35.7. The molecule has 0 bridgehead atoms. The minimum atomic E-state index is -0.435. The molecule has 103 heavy (non-hydrogen) atoms. The second kappa shape index (κ2) is 31.8. The first-order chi connectivity index (χ1) is 50.3. The number of halogens is 5. The Kier molecular flexibility index (Phi) is 21.7. The number of aliphatic imine (C=N–C) groups is 1. The quantitative estimate of drug-likeness (QED) is 0.134. The van der Waals surface area contributed by atoms with Crippen molar-refractivity contribution in [3.05, 3.63) is 170 Å². The molecule has 0 saturated carbocycles. The summed E-state index contributed by atoms with van der Waals surface area (Å²) < 4.78 is 35.4. The summed E-state index contributed by atoms with van der Waals surface area (Å²) in [4.78, 5) is 68.3. The molecule has 5 aliphatic heterocycles. The van der Waals surface area contributed by atoms with Gasteiger partial charge in [0.15, 0.2) is 0 Å². The molecule has 0 amide bonds. The van der Waals surface area contributed by atoms with E-state index in [0.717, 1.165) is 153 Å². The van der Waals surface area contributed by atoms with Gasteiger partial charge in [-0.25, -0.2) is 64.2 Å². The summed E-state index contributed by atoms with van der Waals surface area (Å²) in [6, 6.07) is 30.3. The van der Waals surface area contributed by atoms with Crippen molar-refractivity contribution < 1.29 is 23.3 Å². The molecule has 12 aromatic rings. The minimum Gasteiger partial charge on any atom is -0.481 e. The molecule has 0 unspecified atom stereocenters. The summed E-state index contributed by atoms with van der Waals surface area (Å²) >= 11 is 25.6. The minimum absolute atomic E-state index is 0.242. The molecule has 22 nitrogen and oxygen atoms in total. The number of fused-ring (bicyclic) bond motifs is 5. The van der Waals surface area contributed by atoms with E-state index in [1.54, 1.807) is 39.0 Å². The van der Waals surface area contributed by atoms with Crippen LogP contribution in [0.2, 0.25) is 20.1 Å². The Morgan fingerprint density at radius 1 is 0.427 bits per heavy atom. The number of pyridine rings is 2. The Morgan fingerprint density at radius 2 is 0.825 bits per heavy atom. The SMILES string of the molecule is COc1ncc(-c2nc(N3CCOCC3)nc3c(Cl)cc(F)cc23)cc1C.COc1ncc(-c2nc(N3CCOCC3)nc3c(Cl)cccc23)cc1C.Clc1cccc2c(-c3cccc4c3C=NC4)nc(N3CCCCC3)nc12.Nc1ncc(-c2nc(N3CCCCC3)nc3c(Cl)cccc23)cn1. The lowest BCUT2D eigenvalue weighted by atomic mass is 9.98. The van der Waals surface area contributed by atoms with E-state index in [1.165, 1.54) is 43.4 Å². The van der Waals surface area contributed by atoms with E-state index in [9.17, 15) is 4.39 Å². The second-order valence-corrected chi connectivity index (χ2v) is 26.9. The van der Waals surface area contributed by atoms with Crippen LogP contribution >= 0.6 is 46.4 Å². The van der Waals surface area contributed by atoms with Gasteiger partial charge < -0.3 is 44.3 Å². The fourth-order valence-corrected chi connectivity index (χ4v) is 14.1. The van der Waals surface area contributed by atoms with Gasteiger partial charge >= 0.3 is 0 Å². The standard InChI is InChI=1S/C21H19ClN4.C19H18ClFN4O2.C19H19ClN4O2.C17H17ClN6/c22-18-9-5-8-16-19(15-7-4-6-14-12-23-13-17(14)15)24-21(25-20(16)18)26-10-2-1-3-11-26;1-11-7-12(10-22-18(11)26-2)16-14-8-13(21)9-15(20)17(14)24-19(23-16)25-3-5-27-6-4-25;1-12-10-13(11-21-18(12)25-2)16-14-4-3-5-15(20)17(14)23-19(22-16)24-6-8-26-9-7-24;18-13-6-4-5-12-14(11-9-20-16(19)21-10-11)22-17(23-15(12)13)24-7-2-1-3-8-24/h4-9,13H,1-3,10-12H2;7-10H,3-6H2,1-2H3;3-5,10-11H,6-9H2,1-2H3;4-6,9-10H,1-3,7-8H2,(H2,19,20,21). The van der Waals surface area contributed by atoms with Gasteiger partial charge in [-0.15, -0.1) is 0 Å². The summed E-state index contributed by atoms with van der Waals surface area (Å²) in [5, 5.41) is 5.48. The van der Waals surface area contributed by atoms with Crippen molar-refractivity contribution in [2.45, 2.75) is 58.9 Å². The number of aryl methyl sites for hydroxylation is 2. The third-order valence-corrected chi connectivity index (χ3v) is 19.6. The largest absolute Gasteiger partial charge is 0.481 e. The van der Waals surface area contributed by atoms with Gasteiger partial charge in [0.1, 0.15) is 5.82 Å². The third-order valence-electron chi connectivity index (χ3n) is 18.4. The molecule has 0 radical (unpaired) electrons. The Hall–Kier alpha value is -9.88. The van der Waals surface area contributed by atoms with Crippen molar-refractivity contribution in [2.24, 2.45) is 4.99 Å². The molecule has 2 N–H and O–H groups in total. The van der Waals surface area contributed by atoms with Crippen molar-refractivity contribution in [1.82, 2.24) is 59.8 Å². The molecule has 5 aromatic carbocycles. The maximum atomic E-state index is 14.0. The number of rotatable bonds is 10. The Morgan fingerprint density at radius 3 is 1.28 bits per heavy atom. The fourth-order valence-electron chi connectivity index (χ4n) is 13.2. The lowest BCUT2D eigenvalue weighted by molar-refractivity contribution is 0.122. The first kappa shape index (κ1) is 70.2. The normalized spacial score (nSPS) is 15.1. The van der Waals surface area contributed by atoms with Gasteiger partial charge in [-0.2, -0.15) is 0 Å². The number of nitrogens with two attached hydrogens (primary N) is 1. The van der Waals surface area contributed by atoms with Gasteiger partial charge in [0, 0.05) is 144 Å². The molecule has 7 aromatic heterocycles. The van der Waals surface area contributed by atoms with Crippen molar-refractivity contribution >= 4 is 126 Å². The highest BCUT2D eigenvalue weighted by Gasteiger charge is 2.26. The van der Waals surface area contributed by atoms with Crippen molar-refractivity contribution in [2.75, 3.05) is 118 Å². The summed E-state index contributed by atoms with van der Waals surface area (Å²) in [6.07, 6.45) is 16.0. The number of benzene rings is 5. The summed E-state index contributed by atoms with van der Waals surface area (Å²) in [5.74, 6) is 3.66. The van der Waals surface area contributed by atoms with Gasteiger partial charge in [0.05, 0.1) is 112 Å². The van der Waals surface area contributed by atoms with Crippen molar-refractivity contribution in [3.63, 3.8) is 0 Å². The molecule has 0 aliphatic carbocycles. The van der Waals surface area contributed by atoms with Crippen LogP contribution in [0.1, 0.15) is 60.8 Å². The zero-order valence-corrected chi connectivity index (χ0v) is 60.3. The monoisotopic (exact) mass is 1460 g/mol. The van der Waals surface area contributed by atoms with Crippen LogP contribution in [-0.2, 0) is 16.0 Å². The first-order valence-electron chi connectivity index (χ1n) is 34.2. The van der Waals surface area contributed by atoms with E-state index in [4.69, 9.17) is 106 Å². The Labute approximate surface area is 614 Å². The van der Waals surface area contributed by atoms with Gasteiger partial charge in [-0.05, 0) is 100 Å². The van der Waals surface area contributed by atoms with E-state index in [-0.39, 0.29) is 11.0 Å². The number of methoxy groups -OCH3 is 2. The molecule has 526 valence electrons. The zero-order chi connectivity index (χ0) is 71.1. The van der Waals surface area contributed by atoms with Gasteiger partial charge in [0.25, 0.3) is 0 Å². The number of ether oxygens (including phenoxy) is 4. The summed E-state index contributed by atoms with van der Waals surface area (Å²) in [5.41, 5.74) is 19.4. The second-order valence-electron chi connectivity index (χ2n) is 25.3. The number of nitrogen functional groups attached to an aromatic ring is 1. The highest BCUT2D eigenvalue weighted by atomic mass is 35.5. The molecule has 4 saturated heterocycles. The van der Waals surface area contributed by atoms with Gasteiger partial charge in [-0.1, -0.05) is 101 Å². The lowest BCUT2D eigenvalue weighted by Gasteiger charge is -2.27. The van der Waals surface area contributed by atoms with Gasteiger partial charge in [-0.3, -0.25) is 4.99 Å². The molecule has 27 heteroatoms. The topological polar surface area (TPSA) is 243 Å². The van der Waals surface area contributed by atoms with Crippen molar-refractivity contribution in [1.29, 1.82) is 0 Å². The van der Waals surface area contributed by atoms with Crippen LogP contribution in [-0.4, -0.2) is 159 Å². The average molecular weight is 1460 g/mol. The van der Waals surface area contributed by atoms with Crippen LogP contribution in [0.3, 0.4) is 0 Å². The number of piperidine rings is 2. The van der Waals surface area contributed by atoms with Crippen LogP contribution < -0.4 is 34.8 Å². The van der Waals surface area contributed by atoms with E-state index >= 15 is 0 Å². The predicted octanol–water partition coefficient (Wildman–Crippen LogP) is 15.3. The fraction of sp³-hybridized carbons (Fsp3) is 0.303. The van der Waals surface area contributed by atoms with Crippen LogP contribution in [0, 0.1) is 19.7 Å². The Balaban J connectivity index is 0.000000116. The highest BCUT2D eigenvalue weighted by Crippen LogP contribution is 2.39. The molecule has 12 heterocycles. The number of hydrogen-bond acceptors (Lipinski definition) is 22. The molecular formula is C76H73Cl4FN18O4. The number of nitrogens with zero attached hydrogens (tertiary/aromatic N) is 17. The van der Waals surface area contributed by atoms with E-state index < -0.39 is 5.82 Å². The smallest absolute Gasteiger partial charge is 0.226 e. The molecule has 0 spiro atoms. The van der Waals surface area contributed by atoms with E-state index in [1.807, 2.05) is 85.6 Å². The third kappa shape index (κ3) is 15.4. The number of aromatic nitrogens is 12. The molecule has 0 atom stereocenters. The number of hydrogen-bond donors (Lipinski definition) is 1. The molecule has 17 rings (SSSR count). The maximum absolute atomic E-state index is 14.0. The zero-order valence-electron chi connectivity index (χ0n) is 57.3. The average Bonchev–Trinajstić information content (AvgIpc) is 1.75. The van der Waals surface area contributed by atoms with Crippen LogP contribution in [0.4, 0.5) is 34.1 Å². The van der Waals surface area contributed by atoms with Crippen LogP contribution in [0.25, 0.3) is 88.6 Å². The number of para-hydroxylation sites is 3. The predicted molar refractivity (Wildman–Crippen MR) is 408 cm³/mol. The van der Waals surface area contributed by atoms with Gasteiger partial charge in [0.2, 0.25) is 41.5 Å². The number of anilines is 5. The summed E-state index contributed by atoms with van der Waals surface area (Å²) in [6.45, 7) is 14.0. The maximum Gasteiger partial charge on any atom is 0.226 e. The highest BCUT2D eigenvalue weighted by molar-refractivity contribution is 6.37. The molecular weight excluding hydrogens is 1390 g/mol. The van der Waals surface area contributed by atoms with E-state index in [2.05, 4.69) is 68.9 Å². The molecule has 5 aliphatic rings. The summed E-state index contributed by atoms with van der Waals surface area (Å²) in [7, 11) is 3.19. The van der Waals surface area contributed by atoms with E-state index in [0.29, 0.717) is 101 Å². The van der Waals surface area contributed by atoms with Crippen molar-refractivity contribution in [3.8, 4) is 56.8 Å². The Bertz CT molecular complexity index is 5140. The molecule has 4 fully saturated rings. The lowest BCUT2D eigenvalue weighted by Crippen LogP contribution is -2.37. The number of morpholine rings is 2.